The normalized spacial score (nSPS) is 12.6. The largest absolute Gasteiger partial charge is 0.355 e. The lowest BCUT2D eigenvalue weighted by atomic mass is 10.2. The van der Waals surface area contributed by atoms with Gasteiger partial charge in [0.2, 0.25) is 5.91 Å². The van der Waals surface area contributed by atoms with Crippen molar-refractivity contribution >= 4 is 40.8 Å². The molecule has 0 bridgehead atoms. The molecule has 1 amide bonds. The molecular weight excluding hydrogens is 270 g/mol. The number of amides is 1. The Morgan fingerprint density at radius 3 is 3.00 bits per heavy atom. The van der Waals surface area contributed by atoms with Crippen molar-refractivity contribution in [3.63, 3.8) is 0 Å². The van der Waals surface area contributed by atoms with Crippen molar-refractivity contribution in [1.29, 1.82) is 0 Å². The van der Waals surface area contributed by atoms with Crippen LogP contribution in [-0.4, -0.2) is 22.0 Å². The lowest BCUT2D eigenvalue weighted by Crippen LogP contribution is -2.30. The van der Waals surface area contributed by atoms with Gasteiger partial charge in [0.15, 0.2) is 4.77 Å². The summed E-state index contributed by atoms with van der Waals surface area (Å²) in [5.74, 6) is -0.0514. The number of carbonyl (C=O) groups is 1. The Morgan fingerprint density at radius 2 is 2.33 bits per heavy atom. The van der Waals surface area contributed by atoms with E-state index in [1.807, 2.05) is 19.9 Å². The summed E-state index contributed by atoms with van der Waals surface area (Å²) in [7, 11) is 0. The number of aromatic amines is 1. The van der Waals surface area contributed by atoms with Gasteiger partial charge in [-0.2, -0.15) is 0 Å². The Labute approximate surface area is 115 Å². The Hall–Kier alpha value is -1.33. The quantitative estimate of drug-likeness (QED) is 0.851. The second kappa shape index (κ2) is 5.12. The smallest absolute Gasteiger partial charge is 0.242 e. The zero-order chi connectivity index (χ0) is 13.3. The number of carbonyl (C=O) groups excluding carboxylic acids is 1. The third-order valence-electron chi connectivity index (χ3n) is 2.80. The van der Waals surface area contributed by atoms with Crippen LogP contribution < -0.4 is 5.32 Å². The highest BCUT2D eigenvalue weighted by molar-refractivity contribution is 7.71. The van der Waals surface area contributed by atoms with Crippen molar-refractivity contribution in [3.05, 3.63) is 28.0 Å². The number of H-pyrrole nitrogens is 1. The van der Waals surface area contributed by atoms with E-state index >= 15 is 0 Å². The predicted molar refractivity (Wildman–Crippen MR) is 75.5 cm³/mol. The van der Waals surface area contributed by atoms with Gasteiger partial charge in [0, 0.05) is 11.6 Å². The van der Waals surface area contributed by atoms with Crippen LogP contribution >= 0.6 is 23.8 Å². The van der Waals surface area contributed by atoms with Crippen molar-refractivity contribution < 1.29 is 4.79 Å². The van der Waals surface area contributed by atoms with Crippen molar-refractivity contribution in [1.82, 2.24) is 14.9 Å². The van der Waals surface area contributed by atoms with Crippen LogP contribution in [0.1, 0.15) is 19.9 Å². The molecule has 0 saturated carbocycles. The average Bonchev–Trinajstić information content (AvgIpc) is 2.63. The van der Waals surface area contributed by atoms with E-state index in [-0.39, 0.29) is 11.9 Å². The zero-order valence-electron chi connectivity index (χ0n) is 10.2. The predicted octanol–water partition coefficient (Wildman–Crippen LogP) is 3.05. The standard InChI is InChI=1S/C12H14ClN3OS/c1-3-14-11(17)7(2)16-10-5-4-8(13)6-9(10)15-12(16)18/h4-7H,3H2,1-2H3,(H,14,17)(H,15,18). The van der Waals surface area contributed by atoms with Gasteiger partial charge in [-0.25, -0.2) is 0 Å². The SMILES string of the molecule is CCNC(=O)C(C)n1c(=S)[nH]c2cc(Cl)ccc21. The molecule has 0 saturated heterocycles. The first-order valence-electron chi connectivity index (χ1n) is 5.72. The molecule has 1 aromatic heterocycles. The van der Waals surface area contributed by atoms with Gasteiger partial charge in [-0.15, -0.1) is 0 Å². The zero-order valence-corrected chi connectivity index (χ0v) is 11.7. The number of nitrogens with one attached hydrogen (secondary N) is 2. The highest BCUT2D eigenvalue weighted by Gasteiger charge is 2.17. The van der Waals surface area contributed by atoms with Gasteiger partial charge in [-0.3, -0.25) is 4.79 Å². The number of rotatable bonds is 3. The third kappa shape index (κ3) is 2.28. The molecule has 18 heavy (non-hydrogen) atoms. The third-order valence-corrected chi connectivity index (χ3v) is 3.33. The topological polar surface area (TPSA) is 49.8 Å². The van der Waals surface area contributed by atoms with Gasteiger partial charge in [0.25, 0.3) is 0 Å². The van der Waals surface area contributed by atoms with E-state index in [4.69, 9.17) is 23.8 Å². The summed E-state index contributed by atoms with van der Waals surface area (Å²) in [6.45, 7) is 4.31. The molecule has 0 fully saturated rings. The minimum atomic E-state index is -0.354. The molecule has 0 aliphatic rings. The van der Waals surface area contributed by atoms with Crippen LogP contribution in [0.3, 0.4) is 0 Å². The summed E-state index contributed by atoms with van der Waals surface area (Å²) < 4.78 is 2.32. The molecule has 1 unspecified atom stereocenters. The summed E-state index contributed by atoms with van der Waals surface area (Å²) in [5, 5.41) is 3.43. The monoisotopic (exact) mass is 283 g/mol. The molecule has 2 aromatic rings. The summed E-state index contributed by atoms with van der Waals surface area (Å²) in [5.41, 5.74) is 1.71. The number of hydrogen-bond acceptors (Lipinski definition) is 2. The van der Waals surface area contributed by atoms with Gasteiger partial charge >= 0.3 is 0 Å². The van der Waals surface area contributed by atoms with E-state index in [0.29, 0.717) is 16.3 Å². The van der Waals surface area contributed by atoms with E-state index < -0.39 is 0 Å². The first-order chi connectivity index (χ1) is 8.54. The fourth-order valence-electron chi connectivity index (χ4n) is 1.93. The number of halogens is 1. The molecule has 1 aromatic carbocycles. The van der Waals surface area contributed by atoms with Crippen LogP contribution in [0, 0.1) is 4.77 Å². The van der Waals surface area contributed by atoms with Gasteiger partial charge in [-0.1, -0.05) is 11.6 Å². The van der Waals surface area contributed by atoms with Crippen molar-refractivity contribution in [2.75, 3.05) is 6.54 Å². The molecular formula is C12H14ClN3OS. The summed E-state index contributed by atoms with van der Waals surface area (Å²) in [6, 6.07) is 5.09. The van der Waals surface area contributed by atoms with E-state index in [2.05, 4.69) is 10.3 Å². The highest BCUT2D eigenvalue weighted by atomic mass is 35.5. The number of benzene rings is 1. The van der Waals surface area contributed by atoms with Gasteiger partial charge < -0.3 is 14.9 Å². The first kappa shape index (κ1) is 13.1. The maximum absolute atomic E-state index is 11.9. The average molecular weight is 284 g/mol. The van der Waals surface area contributed by atoms with Crippen molar-refractivity contribution in [2.45, 2.75) is 19.9 Å². The van der Waals surface area contributed by atoms with E-state index in [1.54, 1.807) is 16.7 Å². The number of fused-ring (bicyclic) bond motifs is 1. The highest BCUT2D eigenvalue weighted by Crippen LogP contribution is 2.22. The van der Waals surface area contributed by atoms with Crippen molar-refractivity contribution in [3.8, 4) is 0 Å². The Morgan fingerprint density at radius 1 is 1.61 bits per heavy atom. The van der Waals surface area contributed by atoms with Gasteiger partial charge in [0.1, 0.15) is 6.04 Å². The fraction of sp³-hybridized carbons (Fsp3) is 0.333. The molecule has 1 atom stereocenters. The maximum atomic E-state index is 11.9. The number of nitrogens with zero attached hydrogens (tertiary/aromatic N) is 1. The van der Waals surface area contributed by atoms with E-state index in [9.17, 15) is 4.79 Å². The summed E-state index contributed by atoms with van der Waals surface area (Å²) >= 11 is 11.2. The minimum Gasteiger partial charge on any atom is -0.355 e. The van der Waals surface area contributed by atoms with Crippen molar-refractivity contribution in [2.24, 2.45) is 0 Å². The number of aromatic nitrogens is 2. The summed E-state index contributed by atoms with van der Waals surface area (Å²) in [4.78, 5) is 14.9. The van der Waals surface area contributed by atoms with Gasteiger partial charge in [-0.05, 0) is 44.3 Å². The second-order valence-electron chi connectivity index (χ2n) is 4.03. The van der Waals surface area contributed by atoms with Crippen LogP contribution in [-0.2, 0) is 4.79 Å². The van der Waals surface area contributed by atoms with Crippen LogP contribution in [0.5, 0.6) is 0 Å². The molecule has 2 rings (SSSR count). The Kier molecular flexibility index (Phi) is 3.73. The van der Waals surface area contributed by atoms with E-state index in [0.717, 1.165) is 11.0 Å². The molecule has 0 aliphatic heterocycles. The number of imidazole rings is 1. The molecule has 4 nitrogen and oxygen atoms in total. The summed E-state index contributed by atoms with van der Waals surface area (Å²) in [6.07, 6.45) is 0. The fourth-order valence-corrected chi connectivity index (χ4v) is 2.47. The maximum Gasteiger partial charge on any atom is 0.242 e. The molecule has 0 aliphatic carbocycles. The molecule has 0 radical (unpaired) electrons. The second-order valence-corrected chi connectivity index (χ2v) is 4.86. The number of likely N-dealkylation sites (N-methyl/N-ethyl adjacent to an activating group) is 1. The van der Waals surface area contributed by atoms with Crippen LogP contribution in [0.25, 0.3) is 11.0 Å². The van der Waals surface area contributed by atoms with Crippen LogP contribution in [0.4, 0.5) is 0 Å². The lowest BCUT2D eigenvalue weighted by Gasteiger charge is -2.13. The van der Waals surface area contributed by atoms with E-state index in [1.165, 1.54) is 0 Å². The molecule has 6 heteroatoms. The number of hydrogen-bond donors (Lipinski definition) is 2. The minimum absolute atomic E-state index is 0.0514. The molecule has 0 spiro atoms. The molecule has 1 heterocycles. The molecule has 96 valence electrons. The Balaban J connectivity index is 2.54. The Bertz CT molecular complexity index is 646. The first-order valence-corrected chi connectivity index (χ1v) is 6.50. The molecule has 2 N–H and O–H groups in total. The van der Waals surface area contributed by atoms with Crippen LogP contribution in [0.15, 0.2) is 18.2 Å². The van der Waals surface area contributed by atoms with Gasteiger partial charge in [0.05, 0.1) is 11.0 Å². The van der Waals surface area contributed by atoms with Crippen LogP contribution in [0.2, 0.25) is 5.02 Å². The lowest BCUT2D eigenvalue weighted by molar-refractivity contribution is -0.123.